The molecule has 6 nitrogen and oxygen atoms in total. The maximum absolute atomic E-state index is 13.0. The first kappa shape index (κ1) is 17.5. The average Bonchev–Trinajstić information content (AvgIpc) is 3.13. The second kappa shape index (κ2) is 7.34. The number of fused-ring (bicyclic) bond motifs is 1. The van der Waals surface area contributed by atoms with Crippen LogP contribution in [0.15, 0.2) is 48.7 Å². The van der Waals surface area contributed by atoms with Crippen LogP contribution in [0, 0.1) is 5.82 Å². The van der Waals surface area contributed by atoms with Gasteiger partial charge in [-0.1, -0.05) is 6.07 Å². The summed E-state index contributed by atoms with van der Waals surface area (Å²) in [5.74, 6) is 1.34. The van der Waals surface area contributed by atoms with Gasteiger partial charge in [0.2, 0.25) is 0 Å². The summed E-state index contributed by atoms with van der Waals surface area (Å²) in [5, 5.41) is 8.56. The van der Waals surface area contributed by atoms with Crippen molar-refractivity contribution in [3.63, 3.8) is 0 Å². The Bertz CT molecular complexity index is 933. The van der Waals surface area contributed by atoms with E-state index in [-0.39, 0.29) is 17.6 Å². The van der Waals surface area contributed by atoms with Gasteiger partial charge in [-0.25, -0.2) is 4.39 Å². The highest BCUT2D eigenvalue weighted by Crippen LogP contribution is 2.27. The summed E-state index contributed by atoms with van der Waals surface area (Å²) in [4.78, 5) is 14.5. The predicted molar refractivity (Wildman–Crippen MR) is 98.0 cm³/mol. The van der Waals surface area contributed by atoms with Crippen molar-refractivity contribution < 1.29 is 13.9 Å². The number of pyridine rings is 1. The zero-order chi connectivity index (χ0) is 18.8. The molecule has 1 aliphatic rings. The van der Waals surface area contributed by atoms with E-state index in [0.717, 1.165) is 24.3 Å². The molecule has 1 atom stereocenters. The summed E-state index contributed by atoms with van der Waals surface area (Å²) >= 11 is 0. The van der Waals surface area contributed by atoms with E-state index in [0.29, 0.717) is 18.8 Å². The minimum atomic E-state index is -0.610. The Balaban J connectivity index is 1.37. The third-order valence-electron chi connectivity index (χ3n) is 4.99. The van der Waals surface area contributed by atoms with Gasteiger partial charge in [-0.2, -0.15) is 0 Å². The van der Waals surface area contributed by atoms with Crippen LogP contribution in [-0.2, 0) is 4.79 Å². The van der Waals surface area contributed by atoms with Gasteiger partial charge in [0.05, 0.1) is 0 Å². The van der Waals surface area contributed by atoms with Crippen molar-refractivity contribution in [2.45, 2.75) is 31.8 Å². The van der Waals surface area contributed by atoms with Gasteiger partial charge in [0.25, 0.3) is 5.91 Å². The number of nitrogens with zero attached hydrogens (tertiary/aromatic N) is 4. The Hall–Kier alpha value is -2.96. The molecule has 1 fully saturated rings. The first-order valence-corrected chi connectivity index (χ1v) is 9.12. The van der Waals surface area contributed by atoms with E-state index < -0.39 is 6.10 Å². The van der Waals surface area contributed by atoms with Crippen LogP contribution >= 0.6 is 0 Å². The van der Waals surface area contributed by atoms with Crippen molar-refractivity contribution in [1.82, 2.24) is 19.5 Å². The molecular weight excluding hydrogens is 347 g/mol. The van der Waals surface area contributed by atoms with E-state index in [1.54, 1.807) is 6.92 Å². The van der Waals surface area contributed by atoms with Crippen molar-refractivity contribution in [3.8, 4) is 5.75 Å². The number of rotatable bonds is 4. The second-order valence-corrected chi connectivity index (χ2v) is 6.80. The first-order valence-electron chi connectivity index (χ1n) is 9.12. The molecule has 3 heterocycles. The van der Waals surface area contributed by atoms with Gasteiger partial charge >= 0.3 is 0 Å². The van der Waals surface area contributed by atoms with Gasteiger partial charge < -0.3 is 9.64 Å². The molecule has 2 aromatic heterocycles. The third kappa shape index (κ3) is 3.63. The van der Waals surface area contributed by atoms with E-state index in [2.05, 4.69) is 10.2 Å². The average molecular weight is 368 g/mol. The predicted octanol–water partition coefficient (Wildman–Crippen LogP) is 3.04. The lowest BCUT2D eigenvalue weighted by molar-refractivity contribution is -0.139. The summed E-state index contributed by atoms with van der Waals surface area (Å²) in [5.41, 5.74) is 0.840. The molecule has 7 heteroatoms. The summed E-state index contributed by atoms with van der Waals surface area (Å²) in [6, 6.07) is 11.5. The molecule has 27 heavy (non-hydrogen) atoms. The fourth-order valence-corrected chi connectivity index (χ4v) is 3.52. The molecule has 1 amide bonds. The normalized spacial score (nSPS) is 16.4. The number of carbonyl (C=O) groups excluding carboxylic acids is 1. The molecule has 0 spiro atoms. The Morgan fingerprint density at radius 1 is 1.15 bits per heavy atom. The highest BCUT2D eigenvalue weighted by Gasteiger charge is 2.29. The van der Waals surface area contributed by atoms with Gasteiger partial charge in [0, 0.05) is 25.2 Å². The van der Waals surface area contributed by atoms with Crippen LogP contribution in [0.4, 0.5) is 4.39 Å². The number of halogens is 1. The quantitative estimate of drug-likeness (QED) is 0.710. The van der Waals surface area contributed by atoms with Crippen molar-refractivity contribution >= 4 is 11.6 Å². The van der Waals surface area contributed by atoms with Crippen LogP contribution in [0.5, 0.6) is 5.75 Å². The molecule has 3 aromatic rings. The number of carbonyl (C=O) groups is 1. The third-order valence-corrected chi connectivity index (χ3v) is 4.99. The van der Waals surface area contributed by atoms with Crippen LogP contribution in [0.25, 0.3) is 5.65 Å². The van der Waals surface area contributed by atoms with Crippen LogP contribution in [0.3, 0.4) is 0 Å². The summed E-state index contributed by atoms with van der Waals surface area (Å²) in [6.07, 6.45) is 3.04. The van der Waals surface area contributed by atoms with Gasteiger partial charge in [-0.3, -0.25) is 9.20 Å². The SMILES string of the molecule is CC(Oc1ccc(F)cc1)C(=O)N1CCC(c2nnc3ccccn23)CC1. The van der Waals surface area contributed by atoms with Gasteiger partial charge in [0.1, 0.15) is 17.4 Å². The maximum Gasteiger partial charge on any atom is 0.263 e. The van der Waals surface area contributed by atoms with Crippen LogP contribution in [-0.4, -0.2) is 44.6 Å². The zero-order valence-electron chi connectivity index (χ0n) is 15.1. The maximum atomic E-state index is 13.0. The molecule has 0 radical (unpaired) electrons. The molecule has 0 bridgehead atoms. The van der Waals surface area contributed by atoms with Crippen LogP contribution < -0.4 is 4.74 Å². The van der Waals surface area contributed by atoms with Crippen molar-refractivity contribution in [2.24, 2.45) is 0 Å². The smallest absolute Gasteiger partial charge is 0.263 e. The van der Waals surface area contributed by atoms with Gasteiger partial charge in [-0.05, 0) is 56.2 Å². The monoisotopic (exact) mass is 368 g/mol. The molecule has 0 N–H and O–H groups in total. The molecule has 1 aliphatic heterocycles. The van der Waals surface area contributed by atoms with Crippen LogP contribution in [0.1, 0.15) is 31.5 Å². The number of hydrogen-bond donors (Lipinski definition) is 0. The lowest BCUT2D eigenvalue weighted by Gasteiger charge is -2.32. The topological polar surface area (TPSA) is 59.7 Å². The Morgan fingerprint density at radius 3 is 2.63 bits per heavy atom. The molecule has 1 unspecified atom stereocenters. The lowest BCUT2D eigenvalue weighted by Crippen LogP contribution is -2.44. The van der Waals surface area contributed by atoms with Crippen molar-refractivity contribution in [3.05, 3.63) is 60.3 Å². The zero-order valence-corrected chi connectivity index (χ0v) is 15.1. The highest BCUT2D eigenvalue weighted by atomic mass is 19.1. The standard InChI is InChI=1S/C20H21FN4O2/c1-14(27-17-7-5-16(21)6-8-17)20(26)24-12-9-15(10-13-24)19-23-22-18-4-2-3-11-25(18)19/h2-8,11,14-15H,9-10,12-13H2,1H3. The van der Waals surface area contributed by atoms with Crippen molar-refractivity contribution in [2.75, 3.05) is 13.1 Å². The van der Waals surface area contributed by atoms with Gasteiger partial charge in [-0.15, -0.1) is 10.2 Å². The molecular formula is C20H21FN4O2. The van der Waals surface area contributed by atoms with Gasteiger partial charge in [0.15, 0.2) is 11.8 Å². The van der Waals surface area contributed by atoms with Crippen molar-refractivity contribution in [1.29, 1.82) is 0 Å². The van der Waals surface area contributed by atoms with Crippen LogP contribution in [0.2, 0.25) is 0 Å². The van der Waals surface area contributed by atoms with E-state index in [1.807, 2.05) is 33.7 Å². The first-order chi connectivity index (χ1) is 13.1. The fourth-order valence-electron chi connectivity index (χ4n) is 3.52. The molecule has 1 aromatic carbocycles. The molecule has 140 valence electrons. The number of aromatic nitrogens is 3. The fraction of sp³-hybridized carbons (Fsp3) is 0.350. The van der Waals surface area contributed by atoms with E-state index in [4.69, 9.17) is 4.74 Å². The lowest BCUT2D eigenvalue weighted by atomic mass is 9.95. The Kier molecular flexibility index (Phi) is 4.75. The Morgan fingerprint density at radius 2 is 1.89 bits per heavy atom. The summed E-state index contributed by atoms with van der Waals surface area (Å²) in [7, 11) is 0. The molecule has 1 saturated heterocycles. The number of benzene rings is 1. The minimum Gasteiger partial charge on any atom is -0.481 e. The molecule has 0 aliphatic carbocycles. The molecule has 0 saturated carbocycles. The van der Waals surface area contributed by atoms with E-state index in [1.165, 1.54) is 24.3 Å². The number of ether oxygens (including phenoxy) is 1. The number of piperidine rings is 1. The number of amides is 1. The summed E-state index contributed by atoms with van der Waals surface area (Å²) < 4.78 is 20.7. The second-order valence-electron chi connectivity index (χ2n) is 6.80. The number of hydrogen-bond acceptors (Lipinski definition) is 4. The summed E-state index contributed by atoms with van der Waals surface area (Å²) in [6.45, 7) is 3.04. The minimum absolute atomic E-state index is 0.0520. The largest absolute Gasteiger partial charge is 0.481 e. The van der Waals surface area contributed by atoms with E-state index in [9.17, 15) is 9.18 Å². The molecule has 4 rings (SSSR count). The Labute approximate surface area is 156 Å². The van der Waals surface area contributed by atoms with E-state index >= 15 is 0 Å². The highest BCUT2D eigenvalue weighted by molar-refractivity contribution is 5.81. The number of likely N-dealkylation sites (tertiary alicyclic amines) is 1.